The zero-order valence-corrected chi connectivity index (χ0v) is 9.12. The van der Waals surface area contributed by atoms with Crippen LogP contribution in [-0.2, 0) is 0 Å². The van der Waals surface area contributed by atoms with E-state index >= 15 is 0 Å². The molecule has 0 aromatic carbocycles. The molecule has 0 unspecified atom stereocenters. The van der Waals surface area contributed by atoms with Crippen LogP contribution in [0.25, 0.3) is 0 Å². The summed E-state index contributed by atoms with van der Waals surface area (Å²) >= 11 is 0. The third-order valence-electron chi connectivity index (χ3n) is 2.10. The Bertz CT molecular complexity index is 81.6. The van der Waals surface area contributed by atoms with Crippen LogP contribution in [0.3, 0.4) is 0 Å². The van der Waals surface area contributed by atoms with Crippen LogP contribution < -0.4 is 0 Å². The van der Waals surface area contributed by atoms with Gasteiger partial charge in [0.1, 0.15) is 0 Å². The second-order valence-electron chi connectivity index (χ2n) is 3.62. The number of hydrogen-bond donors (Lipinski definition) is 0. The van der Waals surface area contributed by atoms with Crippen molar-refractivity contribution in [3.8, 4) is 0 Å². The molecule has 0 amide bonds. The van der Waals surface area contributed by atoms with Crippen LogP contribution >= 0.6 is 0 Å². The summed E-state index contributed by atoms with van der Waals surface area (Å²) in [6.45, 7) is 6.13. The van der Waals surface area contributed by atoms with Crippen molar-refractivity contribution in [3.05, 3.63) is 0 Å². The molecule has 11 heavy (non-hydrogen) atoms. The normalized spacial score (nSPS) is 12.0. The highest BCUT2D eigenvalue weighted by molar-refractivity contribution is 6.71. The molecule has 2 heteroatoms. The maximum Gasteiger partial charge on any atom is 0.244 e. The summed E-state index contributed by atoms with van der Waals surface area (Å²) in [6, 6.07) is 1.76. The van der Waals surface area contributed by atoms with E-state index in [-0.39, 0.29) is 0 Å². The number of halogens is 1. The number of hydrogen-bond acceptors (Lipinski definition) is 0. The summed E-state index contributed by atoms with van der Waals surface area (Å²) in [7, 11) is -2.25. The van der Waals surface area contributed by atoms with E-state index in [1.54, 1.807) is 0 Å². The summed E-state index contributed by atoms with van der Waals surface area (Å²) in [4.78, 5) is 0. The Morgan fingerprint density at radius 1 is 1.00 bits per heavy atom. The molecular weight excluding hydrogens is 155 g/mol. The van der Waals surface area contributed by atoms with E-state index in [2.05, 4.69) is 13.8 Å². The van der Waals surface area contributed by atoms with E-state index in [0.717, 1.165) is 37.8 Å². The van der Waals surface area contributed by atoms with Crippen LogP contribution in [0.5, 0.6) is 0 Å². The fourth-order valence-electron chi connectivity index (χ4n) is 1.22. The fraction of sp³-hybridized carbons (Fsp3) is 1.00. The van der Waals surface area contributed by atoms with Crippen LogP contribution in [-0.4, -0.2) is 8.41 Å². The Labute approximate surface area is 71.4 Å². The molecule has 0 bridgehead atoms. The van der Waals surface area contributed by atoms with Crippen molar-refractivity contribution >= 4 is 8.41 Å². The minimum absolute atomic E-state index is 0.878. The van der Waals surface area contributed by atoms with Gasteiger partial charge in [0.25, 0.3) is 0 Å². The monoisotopic (exact) mass is 176 g/mol. The van der Waals surface area contributed by atoms with Gasteiger partial charge < -0.3 is 4.11 Å². The molecule has 0 heterocycles. The molecule has 0 aromatic rings. The van der Waals surface area contributed by atoms with Crippen molar-refractivity contribution in [3.63, 3.8) is 0 Å². The van der Waals surface area contributed by atoms with Gasteiger partial charge in [-0.25, -0.2) is 0 Å². The van der Waals surface area contributed by atoms with Crippen molar-refractivity contribution in [1.82, 2.24) is 0 Å². The third-order valence-corrected chi connectivity index (χ3v) is 4.90. The van der Waals surface area contributed by atoms with Crippen molar-refractivity contribution in [2.24, 2.45) is 0 Å². The zero-order valence-electron chi connectivity index (χ0n) is 8.12. The van der Waals surface area contributed by atoms with E-state index in [1.165, 1.54) is 0 Å². The standard InChI is InChI=1S/C9H21FSi/c1-4-6-8-11(3,10)9-7-5-2/h4-9H2,1-3H3. The zero-order chi connectivity index (χ0) is 8.74. The molecule has 0 rings (SSSR count). The molecular formula is C9H21FSi. The van der Waals surface area contributed by atoms with Gasteiger partial charge in [0.15, 0.2) is 0 Å². The molecule has 0 aromatic heterocycles. The van der Waals surface area contributed by atoms with Gasteiger partial charge in [-0.2, -0.15) is 0 Å². The molecule has 0 radical (unpaired) electrons. The third kappa shape index (κ3) is 6.54. The molecule has 0 saturated heterocycles. The average Bonchev–Trinajstić information content (AvgIpc) is 1.97. The van der Waals surface area contributed by atoms with Crippen LogP contribution in [0.4, 0.5) is 4.11 Å². The maximum absolute atomic E-state index is 13.6. The molecule has 0 aliphatic heterocycles. The van der Waals surface area contributed by atoms with Gasteiger partial charge in [0.05, 0.1) is 0 Å². The molecule has 0 atom stereocenters. The number of unbranched alkanes of at least 4 members (excludes halogenated alkanes) is 2. The molecule has 0 saturated carbocycles. The molecule has 0 N–H and O–H groups in total. The summed E-state index contributed by atoms with van der Waals surface area (Å²) < 4.78 is 13.6. The summed E-state index contributed by atoms with van der Waals surface area (Å²) in [6.07, 6.45) is 4.45. The first-order chi connectivity index (χ1) is 5.12. The van der Waals surface area contributed by atoms with Crippen molar-refractivity contribution in [1.29, 1.82) is 0 Å². The SMILES string of the molecule is CCCC[Si](C)(F)CCCC. The second-order valence-corrected chi connectivity index (χ2v) is 7.45. The Morgan fingerprint density at radius 2 is 1.36 bits per heavy atom. The van der Waals surface area contributed by atoms with Crippen molar-refractivity contribution in [2.45, 2.75) is 58.2 Å². The van der Waals surface area contributed by atoms with Crippen LogP contribution in [0.2, 0.25) is 18.6 Å². The molecule has 0 nitrogen and oxygen atoms in total. The fourth-order valence-corrected chi connectivity index (χ4v) is 3.65. The van der Waals surface area contributed by atoms with Crippen LogP contribution in [0.15, 0.2) is 0 Å². The van der Waals surface area contributed by atoms with E-state index in [9.17, 15) is 4.11 Å². The summed E-state index contributed by atoms with van der Waals surface area (Å²) in [5.41, 5.74) is 0. The van der Waals surface area contributed by atoms with Gasteiger partial charge in [-0.05, 0) is 18.6 Å². The Morgan fingerprint density at radius 3 is 1.64 bits per heavy atom. The predicted octanol–water partition coefficient (Wildman–Crippen LogP) is 4.13. The summed E-state index contributed by atoms with van der Waals surface area (Å²) in [5.74, 6) is 0. The van der Waals surface area contributed by atoms with Gasteiger partial charge in [-0.1, -0.05) is 39.5 Å². The van der Waals surface area contributed by atoms with Gasteiger partial charge in [-0.15, -0.1) is 0 Å². The largest absolute Gasteiger partial charge is 0.314 e. The lowest BCUT2D eigenvalue weighted by atomic mass is 10.4. The predicted molar refractivity (Wildman–Crippen MR) is 52.2 cm³/mol. The minimum atomic E-state index is -2.25. The minimum Gasteiger partial charge on any atom is -0.314 e. The van der Waals surface area contributed by atoms with Gasteiger partial charge in [0.2, 0.25) is 8.41 Å². The van der Waals surface area contributed by atoms with Gasteiger partial charge in [-0.3, -0.25) is 0 Å². The summed E-state index contributed by atoms with van der Waals surface area (Å²) in [5, 5.41) is 0. The van der Waals surface area contributed by atoms with E-state index in [1.807, 2.05) is 6.55 Å². The second kappa shape index (κ2) is 5.75. The Hall–Kier alpha value is 0.147. The van der Waals surface area contributed by atoms with Crippen molar-refractivity contribution < 1.29 is 4.11 Å². The van der Waals surface area contributed by atoms with Crippen molar-refractivity contribution in [2.75, 3.05) is 0 Å². The van der Waals surface area contributed by atoms with Gasteiger partial charge >= 0.3 is 0 Å². The Kier molecular flexibility index (Phi) is 5.83. The molecule has 0 aliphatic rings. The first-order valence-corrected chi connectivity index (χ1v) is 7.60. The Balaban J connectivity index is 3.43. The van der Waals surface area contributed by atoms with Gasteiger partial charge in [0, 0.05) is 0 Å². The molecule has 68 valence electrons. The quantitative estimate of drug-likeness (QED) is 0.421. The lowest BCUT2D eigenvalue weighted by Gasteiger charge is -2.15. The first-order valence-electron chi connectivity index (χ1n) is 4.81. The van der Waals surface area contributed by atoms with Crippen LogP contribution in [0.1, 0.15) is 39.5 Å². The van der Waals surface area contributed by atoms with Crippen LogP contribution in [0, 0.1) is 0 Å². The highest BCUT2D eigenvalue weighted by Crippen LogP contribution is 2.22. The highest BCUT2D eigenvalue weighted by atomic mass is 28.4. The first kappa shape index (κ1) is 11.1. The molecule has 0 aliphatic carbocycles. The topological polar surface area (TPSA) is 0 Å². The smallest absolute Gasteiger partial charge is 0.244 e. The van der Waals surface area contributed by atoms with E-state index < -0.39 is 8.41 Å². The molecule has 0 spiro atoms. The highest BCUT2D eigenvalue weighted by Gasteiger charge is 2.25. The average molecular weight is 176 g/mol. The van der Waals surface area contributed by atoms with E-state index in [0.29, 0.717) is 0 Å². The maximum atomic E-state index is 13.6. The lowest BCUT2D eigenvalue weighted by molar-refractivity contribution is 0.708. The molecule has 0 fully saturated rings. The lowest BCUT2D eigenvalue weighted by Crippen LogP contribution is -2.22. The van der Waals surface area contributed by atoms with E-state index in [4.69, 9.17) is 0 Å². The number of rotatable bonds is 6.